The fourth-order valence-electron chi connectivity index (χ4n) is 3.04. The summed E-state index contributed by atoms with van der Waals surface area (Å²) < 4.78 is 4.96. The van der Waals surface area contributed by atoms with Gasteiger partial charge in [-0.05, 0) is 42.9 Å². The first-order valence-corrected chi connectivity index (χ1v) is 6.40. The molecule has 3 heteroatoms. The van der Waals surface area contributed by atoms with E-state index in [0.717, 1.165) is 5.92 Å². The number of ether oxygens (including phenoxy) is 1. The van der Waals surface area contributed by atoms with Crippen molar-refractivity contribution >= 4 is 6.09 Å². The Kier molecular flexibility index (Phi) is 3.13. The molecule has 1 unspecified atom stereocenters. The molecule has 2 fully saturated rings. The summed E-state index contributed by atoms with van der Waals surface area (Å²) in [5.74, 6) is 1.46. The van der Waals surface area contributed by atoms with Gasteiger partial charge in [-0.3, -0.25) is 0 Å². The summed E-state index contributed by atoms with van der Waals surface area (Å²) in [6.07, 6.45) is 4.82. The highest BCUT2D eigenvalue weighted by Crippen LogP contribution is 2.40. The number of nitrogens with one attached hydrogen (secondary N) is 1. The molecule has 1 amide bonds. The summed E-state index contributed by atoms with van der Waals surface area (Å²) in [6.45, 7) is 7.57. The van der Waals surface area contributed by atoms with E-state index in [4.69, 9.17) is 4.74 Å². The van der Waals surface area contributed by atoms with Crippen molar-refractivity contribution < 1.29 is 9.53 Å². The molecule has 0 aromatic heterocycles. The monoisotopic (exact) mass is 225 g/mol. The molecule has 2 aliphatic rings. The van der Waals surface area contributed by atoms with Gasteiger partial charge in [-0.25, -0.2) is 4.79 Å². The molecule has 1 atom stereocenters. The minimum atomic E-state index is -0.233. The Morgan fingerprint density at radius 2 is 1.81 bits per heavy atom. The van der Waals surface area contributed by atoms with Gasteiger partial charge in [0.15, 0.2) is 0 Å². The van der Waals surface area contributed by atoms with Gasteiger partial charge in [-0.2, -0.15) is 0 Å². The predicted octanol–water partition coefficient (Wildman–Crippen LogP) is 2.95. The lowest BCUT2D eigenvalue weighted by Gasteiger charge is -2.38. The second-order valence-electron chi connectivity index (χ2n) is 6.33. The van der Waals surface area contributed by atoms with Crippen LogP contribution in [0.5, 0.6) is 0 Å². The second kappa shape index (κ2) is 4.27. The van der Waals surface area contributed by atoms with E-state index in [1.807, 2.05) is 0 Å². The largest absolute Gasteiger partial charge is 0.447 e. The van der Waals surface area contributed by atoms with E-state index < -0.39 is 0 Å². The average Bonchev–Trinajstić information content (AvgIpc) is 2.64. The van der Waals surface area contributed by atoms with Crippen LogP contribution in [-0.2, 0) is 4.74 Å². The highest BCUT2D eigenvalue weighted by Gasteiger charge is 2.35. The molecule has 1 N–H and O–H groups in total. The molecule has 0 radical (unpaired) electrons. The van der Waals surface area contributed by atoms with Gasteiger partial charge >= 0.3 is 6.09 Å². The average molecular weight is 225 g/mol. The van der Waals surface area contributed by atoms with E-state index in [1.165, 1.54) is 25.7 Å². The lowest BCUT2D eigenvalue weighted by atomic mass is 9.68. The van der Waals surface area contributed by atoms with Crippen LogP contribution < -0.4 is 5.32 Å². The molecule has 1 saturated carbocycles. The number of rotatable bonds is 1. The summed E-state index contributed by atoms with van der Waals surface area (Å²) in [5, 5.41) is 2.92. The van der Waals surface area contributed by atoms with Gasteiger partial charge in [0.05, 0.1) is 6.04 Å². The molecule has 1 aliphatic carbocycles. The number of hydrogen-bond acceptors (Lipinski definition) is 2. The van der Waals surface area contributed by atoms with Crippen LogP contribution in [0.15, 0.2) is 0 Å². The van der Waals surface area contributed by atoms with Crippen LogP contribution in [0.1, 0.15) is 46.5 Å². The van der Waals surface area contributed by atoms with E-state index in [2.05, 4.69) is 26.1 Å². The number of carbonyl (C=O) groups excluding carboxylic acids is 1. The van der Waals surface area contributed by atoms with Gasteiger partial charge in [0.2, 0.25) is 0 Å². The molecule has 3 nitrogen and oxygen atoms in total. The van der Waals surface area contributed by atoms with Crippen LogP contribution >= 0.6 is 0 Å². The highest BCUT2D eigenvalue weighted by atomic mass is 16.6. The van der Waals surface area contributed by atoms with Crippen molar-refractivity contribution in [2.75, 3.05) is 6.61 Å². The standard InChI is InChI=1S/C13H23NO2/c1-13(2,3)10-6-4-9(5-7-10)11-8-16-12(15)14-11/h9-11H,4-8H2,1-3H3,(H,14,15). The second-order valence-corrected chi connectivity index (χ2v) is 6.33. The molecule has 1 aliphatic heterocycles. The molecule has 92 valence electrons. The van der Waals surface area contributed by atoms with Gasteiger partial charge in [-0.1, -0.05) is 20.8 Å². The molecular formula is C13H23NO2. The summed E-state index contributed by atoms with van der Waals surface area (Å²) in [7, 11) is 0. The number of cyclic esters (lactones) is 1. The van der Waals surface area contributed by atoms with Gasteiger partial charge in [-0.15, -0.1) is 0 Å². The zero-order valence-electron chi connectivity index (χ0n) is 10.6. The molecular weight excluding hydrogens is 202 g/mol. The van der Waals surface area contributed by atoms with E-state index in [-0.39, 0.29) is 12.1 Å². The van der Waals surface area contributed by atoms with Crippen LogP contribution in [-0.4, -0.2) is 18.7 Å². The van der Waals surface area contributed by atoms with Gasteiger partial charge in [0, 0.05) is 0 Å². The minimum Gasteiger partial charge on any atom is -0.447 e. The summed E-state index contributed by atoms with van der Waals surface area (Å²) >= 11 is 0. The van der Waals surface area contributed by atoms with Gasteiger partial charge in [0.25, 0.3) is 0 Å². The van der Waals surface area contributed by atoms with Gasteiger partial charge in [0.1, 0.15) is 6.61 Å². The molecule has 0 aromatic rings. The number of carbonyl (C=O) groups is 1. The maximum Gasteiger partial charge on any atom is 0.407 e. The maximum absolute atomic E-state index is 11.0. The van der Waals surface area contributed by atoms with Crippen molar-refractivity contribution in [3.05, 3.63) is 0 Å². The third-order valence-electron chi connectivity index (χ3n) is 4.26. The predicted molar refractivity (Wildman–Crippen MR) is 63.2 cm³/mol. The molecule has 16 heavy (non-hydrogen) atoms. The number of amides is 1. The third-order valence-corrected chi connectivity index (χ3v) is 4.26. The highest BCUT2D eigenvalue weighted by molar-refractivity contribution is 5.69. The summed E-state index contributed by atoms with van der Waals surface area (Å²) in [4.78, 5) is 11.0. The van der Waals surface area contributed by atoms with E-state index >= 15 is 0 Å². The molecule has 2 rings (SSSR count). The topological polar surface area (TPSA) is 38.3 Å². The smallest absolute Gasteiger partial charge is 0.407 e. The Balaban J connectivity index is 1.83. The van der Waals surface area contributed by atoms with Crippen LogP contribution in [0.25, 0.3) is 0 Å². The van der Waals surface area contributed by atoms with Gasteiger partial charge < -0.3 is 10.1 Å². The minimum absolute atomic E-state index is 0.233. The zero-order valence-corrected chi connectivity index (χ0v) is 10.6. The summed E-state index contributed by atoms with van der Waals surface area (Å²) in [5.41, 5.74) is 0.431. The van der Waals surface area contributed by atoms with E-state index in [1.54, 1.807) is 0 Å². The Morgan fingerprint density at radius 3 is 2.25 bits per heavy atom. The number of alkyl carbamates (subject to hydrolysis) is 1. The SMILES string of the molecule is CC(C)(C)C1CCC(C2COC(=O)N2)CC1. The maximum atomic E-state index is 11.0. The van der Waals surface area contributed by atoms with E-state index in [0.29, 0.717) is 17.9 Å². The zero-order chi connectivity index (χ0) is 11.8. The number of hydrogen-bond donors (Lipinski definition) is 1. The van der Waals surface area contributed by atoms with Crippen molar-refractivity contribution in [1.29, 1.82) is 0 Å². The molecule has 0 aromatic carbocycles. The fourth-order valence-corrected chi connectivity index (χ4v) is 3.04. The van der Waals surface area contributed by atoms with Crippen molar-refractivity contribution in [2.24, 2.45) is 17.3 Å². The summed E-state index contributed by atoms with van der Waals surface area (Å²) in [6, 6.07) is 0.272. The first kappa shape index (κ1) is 11.7. The molecule has 1 heterocycles. The first-order valence-electron chi connectivity index (χ1n) is 6.40. The molecule has 0 spiro atoms. The molecule has 1 saturated heterocycles. The Morgan fingerprint density at radius 1 is 1.19 bits per heavy atom. The van der Waals surface area contributed by atoms with Crippen LogP contribution in [0.3, 0.4) is 0 Å². The normalized spacial score (nSPS) is 35.7. The Labute approximate surface area is 97.9 Å². The van der Waals surface area contributed by atoms with Crippen molar-refractivity contribution in [3.8, 4) is 0 Å². The Bertz CT molecular complexity index is 262. The van der Waals surface area contributed by atoms with Crippen molar-refractivity contribution in [2.45, 2.75) is 52.5 Å². The Hall–Kier alpha value is -0.730. The van der Waals surface area contributed by atoms with Crippen LogP contribution in [0.2, 0.25) is 0 Å². The fraction of sp³-hybridized carbons (Fsp3) is 0.923. The van der Waals surface area contributed by atoms with Crippen LogP contribution in [0, 0.1) is 17.3 Å². The third kappa shape index (κ3) is 2.50. The quantitative estimate of drug-likeness (QED) is 0.745. The molecule has 0 bridgehead atoms. The lowest BCUT2D eigenvalue weighted by molar-refractivity contribution is 0.130. The van der Waals surface area contributed by atoms with Crippen LogP contribution in [0.4, 0.5) is 4.79 Å². The van der Waals surface area contributed by atoms with E-state index in [9.17, 15) is 4.79 Å². The van der Waals surface area contributed by atoms with Crippen molar-refractivity contribution in [3.63, 3.8) is 0 Å². The lowest BCUT2D eigenvalue weighted by Crippen LogP contribution is -2.37. The first-order chi connectivity index (χ1) is 7.47. The van der Waals surface area contributed by atoms with Crippen molar-refractivity contribution in [1.82, 2.24) is 5.32 Å².